The first-order chi connectivity index (χ1) is 19.0. The Bertz CT molecular complexity index is 1510. The van der Waals surface area contributed by atoms with Gasteiger partial charge in [0.25, 0.3) is 0 Å². The lowest BCUT2D eigenvalue weighted by atomic mass is 9.75. The fourth-order valence-electron chi connectivity index (χ4n) is 5.51. The van der Waals surface area contributed by atoms with Crippen molar-refractivity contribution in [2.24, 2.45) is 11.8 Å². The van der Waals surface area contributed by atoms with E-state index in [4.69, 9.17) is 46.4 Å². The molecule has 3 amide bonds. The van der Waals surface area contributed by atoms with Gasteiger partial charge in [0.1, 0.15) is 0 Å². The van der Waals surface area contributed by atoms with Gasteiger partial charge in [0.15, 0.2) is 0 Å². The van der Waals surface area contributed by atoms with Crippen LogP contribution in [0.25, 0.3) is 0 Å². The van der Waals surface area contributed by atoms with E-state index in [1.807, 2.05) is 26.0 Å². The summed E-state index contributed by atoms with van der Waals surface area (Å²) in [7, 11) is 0. The predicted octanol–water partition coefficient (Wildman–Crippen LogP) is 6.61. The zero-order chi connectivity index (χ0) is 29.2. The van der Waals surface area contributed by atoms with E-state index in [0.717, 1.165) is 10.5 Å². The summed E-state index contributed by atoms with van der Waals surface area (Å²) < 4.78 is 0. The molecular formula is C29H24Cl4N4O3. The number of rotatable bonds is 8. The summed E-state index contributed by atoms with van der Waals surface area (Å²) in [4.78, 5) is 39.0. The van der Waals surface area contributed by atoms with Crippen molar-refractivity contribution >= 4 is 76.5 Å². The number of benzene rings is 3. The lowest BCUT2D eigenvalue weighted by Gasteiger charge is -2.34. The second-order valence-corrected chi connectivity index (χ2v) is 11.5. The molecule has 4 rings (SSSR count). The second-order valence-electron chi connectivity index (χ2n) is 9.75. The molecule has 1 heterocycles. The first kappa shape index (κ1) is 29.9. The highest BCUT2D eigenvalue weighted by atomic mass is 35.5. The Morgan fingerprint density at radius 2 is 1.73 bits per heavy atom. The van der Waals surface area contributed by atoms with Crippen molar-refractivity contribution in [3.63, 3.8) is 0 Å². The third-order valence-electron chi connectivity index (χ3n) is 7.52. The van der Waals surface area contributed by atoms with Crippen LogP contribution in [0.3, 0.4) is 0 Å². The predicted molar refractivity (Wildman–Crippen MR) is 158 cm³/mol. The molecule has 1 fully saturated rings. The third kappa shape index (κ3) is 5.69. The summed E-state index contributed by atoms with van der Waals surface area (Å²) in [5.41, 5.74) is 1.40. The van der Waals surface area contributed by atoms with Crippen molar-refractivity contribution in [1.82, 2.24) is 5.32 Å². The van der Waals surface area contributed by atoms with E-state index in [0.29, 0.717) is 41.1 Å². The van der Waals surface area contributed by atoms with Crippen LogP contribution in [0.5, 0.6) is 0 Å². The molecule has 0 bridgehead atoms. The molecule has 206 valence electrons. The SMILES string of the molecule is CC1C(C(=O)N(C=O)c2cc(Cl)cc(Cl)c2)C(Cc2ccccc2C#N)NC1(C)c1cc(Cl)cc(Cl)c1NC=O. The van der Waals surface area contributed by atoms with Gasteiger partial charge < -0.3 is 10.6 Å². The van der Waals surface area contributed by atoms with Crippen LogP contribution in [0.2, 0.25) is 20.1 Å². The standard InChI is InChI=1S/C29H24Cl4N4O3/c1-16-26(28(40)37(15-39)22-9-19(30)8-20(31)10-22)25(7-17-5-3-4-6-18(17)13-34)36-29(16,2)23-11-21(32)12-24(33)27(23)35-14-38/h3-6,8-12,14-16,25-26,36H,7H2,1-2H3,(H,35,38). The van der Waals surface area contributed by atoms with E-state index in [2.05, 4.69) is 16.7 Å². The molecule has 0 aliphatic carbocycles. The number of anilines is 2. The third-order valence-corrected chi connectivity index (χ3v) is 8.47. The topological polar surface area (TPSA) is 102 Å². The molecule has 4 unspecified atom stereocenters. The lowest BCUT2D eigenvalue weighted by Crippen LogP contribution is -2.43. The first-order valence-electron chi connectivity index (χ1n) is 12.2. The maximum absolute atomic E-state index is 14.2. The summed E-state index contributed by atoms with van der Waals surface area (Å²) in [5, 5.41) is 17.0. The van der Waals surface area contributed by atoms with Crippen molar-refractivity contribution < 1.29 is 14.4 Å². The molecule has 4 atom stereocenters. The molecule has 0 aromatic heterocycles. The molecule has 3 aromatic carbocycles. The van der Waals surface area contributed by atoms with Crippen molar-refractivity contribution in [1.29, 1.82) is 5.26 Å². The molecule has 7 nitrogen and oxygen atoms in total. The highest BCUT2D eigenvalue weighted by Gasteiger charge is 2.54. The van der Waals surface area contributed by atoms with Gasteiger partial charge in [-0.05, 0) is 66.8 Å². The van der Waals surface area contributed by atoms with Crippen LogP contribution in [-0.4, -0.2) is 24.8 Å². The highest BCUT2D eigenvalue weighted by Crippen LogP contribution is 2.48. The zero-order valence-corrected chi connectivity index (χ0v) is 24.4. The number of hydrogen-bond donors (Lipinski definition) is 2. The zero-order valence-electron chi connectivity index (χ0n) is 21.4. The number of amides is 3. The van der Waals surface area contributed by atoms with Gasteiger partial charge in [0.2, 0.25) is 18.7 Å². The van der Waals surface area contributed by atoms with Gasteiger partial charge in [-0.2, -0.15) is 5.26 Å². The minimum Gasteiger partial charge on any atom is -0.327 e. The van der Waals surface area contributed by atoms with Gasteiger partial charge >= 0.3 is 0 Å². The maximum atomic E-state index is 14.2. The number of nitrogens with one attached hydrogen (secondary N) is 2. The van der Waals surface area contributed by atoms with Crippen LogP contribution < -0.4 is 15.5 Å². The number of imide groups is 1. The smallest absolute Gasteiger partial charge is 0.238 e. The highest BCUT2D eigenvalue weighted by molar-refractivity contribution is 6.37. The first-order valence-corrected chi connectivity index (χ1v) is 13.7. The van der Waals surface area contributed by atoms with Gasteiger partial charge in [0.05, 0.1) is 33.9 Å². The van der Waals surface area contributed by atoms with Crippen LogP contribution in [0.15, 0.2) is 54.6 Å². The second kappa shape index (κ2) is 12.2. The quantitative estimate of drug-likeness (QED) is 0.277. The average molecular weight is 618 g/mol. The summed E-state index contributed by atoms with van der Waals surface area (Å²) in [6.07, 6.45) is 1.25. The Kier molecular flexibility index (Phi) is 9.09. The largest absolute Gasteiger partial charge is 0.327 e. The fraction of sp³-hybridized carbons (Fsp3) is 0.241. The molecule has 40 heavy (non-hydrogen) atoms. The van der Waals surface area contributed by atoms with Gasteiger partial charge in [-0.3, -0.25) is 19.3 Å². The van der Waals surface area contributed by atoms with Crippen molar-refractivity contribution in [3.8, 4) is 6.07 Å². The van der Waals surface area contributed by atoms with Gasteiger partial charge in [-0.25, -0.2) is 0 Å². The maximum Gasteiger partial charge on any atom is 0.238 e. The van der Waals surface area contributed by atoms with Gasteiger partial charge in [-0.1, -0.05) is 71.5 Å². The van der Waals surface area contributed by atoms with Gasteiger partial charge in [-0.15, -0.1) is 0 Å². The Labute approximate surface area is 252 Å². The van der Waals surface area contributed by atoms with E-state index in [1.54, 1.807) is 18.2 Å². The molecule has 11 heteroatoms. The van der Waals surface area contributed by atoms with E-state index in [1.165, 1.54) is 24.3 Å². The molecule has 1 aliphatic rings. The van der Waals surface area contributed by atoms with Gasteiger partial charge in [0, 0.05) is 26.6 Å². The lowest BCUT2D eigenvalue weighted by molar-refractivity contribution is -0.126. The van der Waals surface area contributed by atoms with E-state index >= 15 is 0 Å². The minimum absolute atomic E-state index is 0.226. The van der Waals surface area contributed by atoms with E-state index < -0.39 is 29.3 Å². The Balaban J connectivity index is 1.86. The number of carbonyl (C=O) groups is 3. The van der Waals surface area contributed by atoms with Crippen molar-refractivity contribution in [2.75, 3.05) is 10.2 Å². The number of halogens is 4. The summed E-state index contributed by atoms with van der Waals surface area (Å²) in [5.74, 6) is -1.73. The number of hydrogen-bond acceptors (Lipinski definition) is 5. The normalized spacial score (nSPS) is 21.9. The van der Waals surface area contributed by atoms with Crippen LogP contribution >= 0.6 is 46.4 Å². The molecule has 0 radical (unpaired) electrons. The van der Waals surface area contributed by atoms with Crippen molar-refractivity contribution in [2.45, 2.75) is 31.8 Å². The van der Waals surface area contributed by atoms with E-state index in [9.17, 15) is 19.6 Å². The summed E-state index contributed by atoms with van der Waals surface area (Å²) >= 11 is 25.2. The average Bonchev–Trinajstić information content (AvgIpc) is 3.15. The van der Waals surface area contributed by atoms with Crippen LogP contribution in [-0.2, 0) is 26.3 Å². The van der Waals surface area contributed by atoms with Crippen LogP contribution in [0.4, 0.5) is 11.4 Å². The number of nitriles is 1. The fourth-order valence-corrected chi connectivity index (χ4v) is 6.58. The summed E-state index contributed by atoms with van der Waals surface area (Å²) in [6.45, 7) is 3.76. The molecule has 0 saturated carbocycles. The Hall–Kier alpha value is -3.12. The molecule has 1 aliphatic heterocycles. The monoisotopic (exact) mass is 616 g/mol. The number of carbonyl (C=O) groups excluding carboxylic acids is 3. The Morgan fingerprint density at radius 1 is 1.07 bits per heavy atom. The molecule has 2 N–H and O–H groups in total. The van der Waals surface area contributed by atoms with Crippen LogP contribution in [0.1, 0.15) is 30.5 Å². The molecule has 3 aromatic rings. The summed E-state index contributed by atoms with van der Waals surface area (Å²) in [6, 6.07) is 16.4. The van der Waals surface area contributed by atoms with Crippen molar-refractivity contribution in [3.05, 3.63) is 91.4 Å². The Morgan fingerprint density at radius 3 is 2.35 bits per heavy atom. The minimum atomic E-state index is -0.951. The number of nitrogens with zero attached hydrogens (tertiary/aromatic N) is 2. The molecular weight excluding hydrogens is 594 g/mol. The van der Waals surface area contributed by atoms with E-state index in [-0.39, 0.29) is 20.8 Å². The molecule has 0 spiro atoms. The van der Waals surface area contributed by atoms with Crippen LogP contribution in [0, 0.1) is 23.2 Å². The molecule has 1 saturated heterocycles.